The molecule has 232 valence electrons. The molecule has 4 aliphatic heterocycles. The van der Waals surface area contributed by atoms with Crippen molar-refractivity contribution in [3.8, 4) is 11.6 Å². The normalized spacial score (nSPS) is 27.2. The van der Waals surface area contributed by atoms with Gasteiger partial charge in [0.15, 0.2) is 18.2 Å². The summed E-state index contributed by atoms with van der Waals surface area (Å²) in [4.78, 5) is 35.9. The second-order valence-electron chi connectivity index (χ2n) is 11.9. The van der Waals surface area contributed by atoms with Gasteiger partial charge in [-0.15, -0.1) is 0 Å². The van der Waals surface area contributed by atoms with Gasteiger partial charge in [-0.3, -0.25) is 9.78 Å². The third kappa shape index (κ3) is 5.72. The lowest BCUT2D eigenvalue weighted by Gasteiger charge is -2.53. The van der Waals surface area contributed by atoms with Gasteiger partial charge in [-0.25, -0.2) is 19.2 Å². The summed E-state index contributed by atoms with van der Waals surface area (Å²) in [7, 11) is 0. The monoisotopic (exact) mass is 608 g/mol. The Kier molecular flexibility index (Phi) is 7.42. The Morgan fingerprint density at radius 2 is 2.05 bits per heavy atom. The van der Waals surface area contributed by atoms with Gasteiger partial charge in [0, 0.05) is 23.7 Å². The van der Waals surface area contributed by atoms with Crippen LogP contribution in [-0.4, -0.2) is 81.8 Å². The molecule has 2 atom stereocenters. The van der Waals surface area contributed by atoms with Crippen LogP contribution in [0.5, 0.6) is 11.6 Å². The molecule has 0 unspecified atom stereocenters. The van der Waals surface area contributed by atoms with E-state index in [1.54, 1.807) is 12.1 Å². The molecule has 0 aromatic carbocycles. The zero-order valence-electron chi connectivity index (χ0n) is 23.9. The number of fused-ring (bicyclic) bond motifs is 5. The van der Waals surface area contributed by atoms with Crippen molar-refractivity contribution < 1.29 is 38.0 Å². The van der Waals surface area contributed by atoms with Gasteiger partial charge in [-0.05, 0) is 56.7 Å². The van der Waals surface area contributed by atoms with E-state index in [2.05, 4.69) is 30.9 Å². The standard InChI is InChI=1S/C30H33FN6O7/c31-19-12-32-20-2-4-25(43-14-23-21(13-41-23)35-28(39)40)37-26(20)18(19)5-6-30-9-7-29(8-10-30,16-44-30)33-11-17-1-3-22-27(34-17)36-24(38)15-42-22/h1-4,12,21,23,33,35H,5-11,13-16H2,(H,39,40)(H,34,36,38)/t21-,23+,29?,30?/m0/s1. The summed E-state index contributed by atoms with van der Waals surface area (Å²) in [6.45, 7) is 1.48. The molecule has 7 heterocycles. The van der Waals surface area contributed by atoms with E-state index in [1.165, 1.54) is 6.20 Å². The van der Waals surface area contributed by atoms with Crippen molar-refractivity contribution in [1.82, 2.24) is 25.6 Å². The number of rotatable bonds is 10. The van der Waals surface area contributed by atoms with Gasteiger partial charge in [0.25, 0.3) is 5.91 Å². The van der Waals surface area contributed by atoms with E-state index in [-0.39, 0.29) is 42.9 Å². The number of aromatic nitrogens is 3. The van der Waals surface area contributed by atoms with Crippen LogP contribution < -0.4 is 25.4 Å². The molecule has 13 nitrogen and oxygen atoms in total. The molecule has 8 rings (SSSR count). The number of amides is 2. The fourth-order valence-electron chi connectivity index (χ4n) is 6.40. The fourth-order valence-corrected chi connectivity index (χ4v) is 6.40. The molecule has 0 spiro atoms. The number of aryl methyl sites for hydroxylation is 1. The van der Waals surface area contributed by atoms with Gasteiger partial charge in [0.05, 0.1) is 47.8 Å². The number of carbonyl (C=O) groups is 2. The number of nitrogens with one attached hydrogen (secondary N) is 3. The Balaban J connectivity index is 0.967. The molecule has 4 fully saturated rings. The van der Waals surface area contributed by atoms with Crippen LogP contribution in [-0.2, 0) is 27.2 Å². The number of halogens is 1. The highest BCUT2D eigenvalue weighted by atomic mass is 19.1. The van der Waals surface area contributed by atoms with Crippen LogP contribution in [0.4, 0.5) is 15.0 Å². The number of nitrogens with zero attached hydrogens (tertiary/aromatic N) is 3. The first-order valence-electron chi connectivity index (χ1n) is 14.8. The maximum Gasteiger partial charge on any atom is 0.405 e. The topological polar surface area (TPSA) is 166 Å². The minimum atomic E-state index is -1.12. The number of pyridine rings is 3. The highest BCUT2D eigenvalue weighted by molar-refractivity contribution is 5.94. The Morgan fingerprint density at radius 1 is 1.18 bits per heavy atom. The molecule has 3 aromatic rings. The average molecular weight is 609 g/mol. The molecule has 0 radical (unpaired) electrons. The molecule has 5 aliphatic rings. The summed E-state index contributed by atoms with van der Waals surface area (Å²) in [5, 5.41) is 17.7. The van der Waals surface area contributed by atoms with E-state index in [4.69, 9.17) is 24.1 Å². The Labute approximate surface area is 251 Å². The molecule has 3 aromatic heterocycles. The molecule has 14 heteroatoms. The molecule has 1 aliphatic carbocycles. The lowest BCUT2D eigenvalue weighted by Crippen LogP contribution is -2.61. The summed E-state index contributed by atoms with van der Waals surface area (Å²) in [6, 6.07) is 6.77. The Bertz CT molecular complexity index is 1580. The maximum atomic E-state index is 15.1. The van der Waals surface area contributed by atoms with E-state index >= 15 is 4.39 Å². The molecule has 2 bridgehead atoms. The second kappa shape index (κ2) is 11.4. The van der Waals surface area contributed by atoms with Gasteiger partial charge in [0.1, 0.15) is 18.5 Å². The van der Waals surface area contributed by atoms with Crippen LogP contribution in [0.25, 0.3) is 11.0 Å². The van der Waals surface area contributed by atoms with E-state index in [1.807, 2.05) is 12.1 Å². The van der Waals surface area contributed by atoms with Gasteiger partial charge in [-0.2, -0.15) is 0 Å². The number of carbonyl (C=O) groups excluding carboxylic acids is 1. The maximum absolute atomic E-state index is 15.1. The number of hydrogen-bond acceptors (Lipinski definition) is 10. The minimum absolute atomic E-state index is 0.00327. The minimum Gasteiger partial charge on any atom is -0.480 e. The van der Waals surface area contributed by atoms with Crippen molar-refractivity contribution in [2.45, 2.75) is 68.4 Å². The van der Waals surface area contributed by atoms with E-state index < -0.39 is 18.0 Å². The van der Waals surface area contributed by atoms with Crippen molar-refractivity contribution in [3.05, 3.63) is 47.5 Å². The highest BCUT2D eigenvalue weighted by Crippen LogP contribution is 2.46. The Hall–Kier alpha value is -4.14. The number of ether oxygens (including phenoxy) is 4. The molecule has 3 saturated heterocycles. The third-order valence-electron chi connectivity index (χ3n) is 9.16. The first-order chi connectivity index (χ1) is 21.3. The van der Waals surface area contributed by atoms with Gasteiger partial charge in [0.2, 0.25) is 5.88 Å². The molecule has 4 N–H and O–H groups in total. The smallest absolute Gasteiger partial charge is 0.405 e. The highest BCUT2D eigenvalue weighted by Gasteiger charge is 2.49. The summed E-state index contributed by atoms with van der Waals surface area (Å²) < 4.78 is 38.2. The van der Waals surface area contributed by atoms with Crippen LogP contribution in [0.2, 0.25) is 0 Å². The summed E-state index contributed by atoms with van der Waals surface area (Å²) in [5.74, 6) is 0.665. The van der Waals surface area contributed by atoms with Gasteiger partial charge < -0.3 is 40.0 Å². The fraction of sp³-hybridized carbons (Fsp3) is 0.500. The van der Waals surface area contributed by atoms with E-state index in [0.717, 1.165) is 31.4 Å². The van der Waals surface area contributed by atoms with Crippen LogP contribution in [0.3, 0.4) is 0 Å². The molecular formula is C30H33FN6O7. The average Bonchev–Trinajstić information content (AvgIpc) is 3.02. The van der Waals surface area contributed by atoms with Gasteiger partial charge >= 0.3 is 6.09 Å². The molecule has 44 heavy (non-hydrogen) atoms. The van der Waals surface area contributed by atoms with Crippen molar-refractivity contribution in [3.63, 3.8) is 0 Å². The zero-order chi connectivity index (χ0) is 30.3. The van der Waals surface area contributed by atoms with Gasteiger partial charge in [-0.1, -0.05) is 0 Å². The Morgan fingerprint density at radius 3 is 2.80 bits per heavy atom. The largest absolute Gasteiger partial charge is 0.480 e. The first kappa shape index (κ1) is 28.6. The van der Waals surface area contributed by atoms with Crippen LogP contribution in [0.15, 0.2) is 30.5 Å². The lowest BCUT2D eigenvalue weighted by molar-refractivity contribution is -0.165. The predicted octanol–water partition coefficient (Wildman–Crippen LogP) is 2.71. The third-order valence-corrected chi connectivity index (χ3v) is 9.16. The van der Waals surface area contributed by atoms with Crippen molar-refractivity contribution in [1.29, 1.82) is 0 Å². The van der Waals surface area contributed by atoms with Crippen LogP contribution in [0.1, 0.15) is 43.4 Å². The van der Waals surface area contributed by atoms with Crippen LogP contribution in [0, 0.1) is 5.82 Å². The second-order valence-corrected chi connectivity index (χ2v) is 11.9. The lowest BCUT2D eigenvalue weighted by atomic mass is 9.69. The number of hydrogen-bond donors (Lipinski definition) is 4. The molecule has 2 amide bonds. The summed E-state index contributed by atoms with van der Waals surface area (Å²) in [5.41, 5.74) is 1.78. The number of carboxylic acid groups (broad SMARTS) is 1. The van der Waals surface area contributed by atoms with Crippen molar-refractivity contribution in [2.24, 2.45) is 0 Å². The quantitative estimate of drug-likeness (QED) is 0.267. The van der Waals surface area contributed by atoms with Crippen molar-refractivity contribution >= 4 is 28.9 Å². The predicted molar refractivity (Wildman–Crippen MR) is 153 cm³/mol. The van der Waals surface area contributed by atoms with E-state index in [9.17, 15) is 9.59 Å². The summed E-state index contributed by atoms with van der Waals surface area (Å²) >= 11 is 0. The van der Waals surface area contributed by atoms with Crippen molar-refractivity contribution in [2.75, 3.05) is 31.7 Å². The molecule has 1 saturated carbocycles. The van der Waals surface area contributed by atoms with Crippen LogP contribution >= 0.6 is 0 Å². The summed E-state index contributed by atoms with van der Waals surface area (Å²) in [6.07, 6.45) is 4.32. The zero-order valence-corrected chi connectivity index (χ0v) is 23.9. The SMILES string of the molecule is O=C(O)N[C@H]1CO[C@@H]1COc1ccc2ncc(F)c(CCC34CCC(NCc5ccc6c(n5)NC(=O)CO6)(CC3)CO4)c2n1. The molecular weight excluding hydrogens is 575 g/mol. The number of anilines is 1. The first-order valence-corrected chi connectivity index (χ1v) is 14.8. The van der Waals surface area contributed by atoms with E-state index in [0.29, 0.717) is 60.0 Å².